The van der Waals surface area contributed by atoms with Gasteiger partial charge in [0.2, 0.25) is 5.82 Å². The van der Waals surface area contributed by atoms with E-state index < -0.39 is 0 Å². The minimum Gasteiger partial charge on any atom is -0.508 e. The van der Waals surface area contributed by atoms with Crippen molar-refractivity contribution in [3.63, 3.8) is 0 Å². The van der Waals surface area contributed by atoms with E-state index in [2.05, 4.69) is 15.4 Å². The van der Waals surface area contributed by atoms with Gasteiger partial charge in [-0.25, -0.2) is 0 Å². The van der Waals surface area contributed by atoms with Gasteiger partial charge in [-0.1, -0.05) is 0 Å². The second kappa shape index (κ2) is 6.03. The quantitative estimate of drug-likeness (QED) is 0.589. The van der Waals surface area contributed by atoms with Gasteiger partial charge in [-0.3, -0.25) is 0 Å². The fraction of sp³-hybridized carbons (Fsp3) is 0.0556. The Morgan fingerprint density at radius 1 is 0.880 bits per heavy atom. The Morgan fingerprint density at radius 3 is 2.04 bits per heavy atom. The Balaban J connectivity index is 1.88. The molecule has 2 N–H and O–H groups in total. The molecule has 0 unspecified atom stereocenters. The predicted octanol–water partition coefficient (Wildman–Crippen LogP) is 3.68. The molecule has 0 aliphatic rings. The minimum absolute atomic E-state index is 0.221. The lowest BCUT2D eigenvalue weighted by molar-refractivity contribution is 0.475. The van der Waals surface area contributed by atoms with Gasteiger partial charge in [0.15, 0.2) is 0 Å². The molecule has 2 aromatic heterocycles. The Kier molecular flexibility index (Phi) is 3.70. The third kappa shape index (κ3) is 2.97. The molecule has 124 valence electrons. The van der Waals surface area contributed by atoms with Crippen LogP contribution in [0.15, 0.2) is 54.6 Å². The first-order valence-corrected chi connectivity index (χ1v) is 8.39. The molecule has 6 nitrogen and oxygen atoms in total. The van der Waals surface area contributed by atoms with Crippen LogP contribution in [0.1, 0.15) is 0 Å². The number of tetrazole rings is 1. The van der Waals surface area contributed by atoms with Crippen LogP contribution in [-0.4, -0.2) is 30.4 Å². The summed E-state index contributed by atoms with van der Waals surface area (Å²) in [6.07, 6.45) is 0. The molecule has 0 radical (unpaired) electrons. The Bertz CT molecular complexity index is 1020. The van der Waals surface area contributed by atoms with Crippen LogP contribution in [-0.2, 0) is 7.05 Å². The van der Waals surface area contributed by atoms with E-state index in [9.17, 15) is 10.2 Å². The van der Waals surface area contributed by atoms with Crippen molar-refractivity contribution < 1.29 is 10.2 Å². The molecule has 0 saturated heterocycles. The van der Waals surface area contributed by atoms with Crippen LogP contribution >= 0.6 is 11.3 Å². The normalized spacial score (nSPS) is 10.9. The smallest absolute Gasteiger partial charge is 0.206 e. The topological polar surface area (TPSA) is 84.1 Å². The molecule has 0 spiro atoms. The average Bonchev–Trinajstić information content (AvgIpc) is 3.23. The maximum atomic E-state index is 9.54. The van der Waals surface area contributed by atoms with Crippen LogP contribution in [0.3, 0.4) is 0 Å². The largest absolute Gasteiger partial charge is 0.508 e. The number of rotatable bonds is 3. The summed E-state index contributed by atoms with van der Waals surface area (Å²) in [5, 5.41) is 31.4. The number of hydrogen-bond acceptors (Lipinski definition) is 6. The zero-order valence-electron chi connectivity index (χ0n) is 13.3. The third-order valence-corrected chi connectivity index (χ3v) is 5.00. The number of thiophene rings is 1. The van der Waals surface area contributed by atoms with Crippen molar-refractivity contribution in [1.82, 2.24) is 20.2 Å². The van der Waals surface area contributed by atoms with Crippen molar-refractivity contribution in [1.29, 1.82) is 0 Å². The molecule has 4 aromatic rings. The van der Waals surface area contributed by atoms with E-state index in [1.807, 2.05) is 30.3 Å². The third-order valence-electron chi connectivity index (χ3n) is 3.76. The number of hydrogen-bond donors (Lipinski definition) is 2. The summed E-state index contributed by atoms with van der Waals surface area (Å²) >= 11 is 1.60. The van der Waals surface area contributed by atoms with Gasteiger partial charge in [0.05, 0.1) is 7.05 Å². The van der Waals surface area contributed by atoms with Gasteiger partial charge in [0, 0.05) is 15.3 Å². The van der Waals surface area contributed by atoms with Crippen molar-refractivity contribution >= 4 is 11.3 Å². The molecule has 0 bridgehead atoms. The lowest BCUT2D eigenvalue weighted by Crippen LogP contribution is -1.91. The Morgan fingerprint density at radius 2 is 1.48 bits per heavy atom. The lowest BCUT2D eigenvalue weighted by Gasteiger charge is -2.01. The average molecular weight is 350 g/mol. The monoisotopic (exact) mass is 350 g/mol. The highest BCUT2D eigenvalue weighted by molar-refractivity contribution is 7.19. The first-order chi connectivity index (χ1) is 12.1. The molecule has 4 rings (SSSR count). The van der Waals surface area contributed by atoms with E-state index in [4.69, 9.17) is 0 Å². The zero-order chi connectivity index (χ0) is 17.4. The van der Waals surface area contributed by atoms with Crippen molar-refractivity contribution in [3.05, 3.63) is 54.6 Å². The van der Waals surface area contributed by atoms with Crippen LogP contribution in [0.4, 0.5) is 0 Å². The SMILES string of the molecule is Cn1nnc(-c2cc(-c3ccc(O)cc3)sc2-c2ccc(O)cc2)n1. The first kappa shape index (κ1) is 15.3. The van der Waals surface area contributed by atoms with Gasteiger partial charge in [-0.05, 0) is 70.9 Å². The van der Waals surface area contributed by atoms with Crippen molar-refractivity contribution in [3.8, 4) is 43.8 Å². The van der Waals surface area contributed by atoms with Gasteiger partial charge in [-0.15, -0.1) is 21.5 Å². The molecule has 0 saturated carbocycles. The summed E-state index contributed by atoms with van der Waals surface area (Å²) in [5.41, 5.74) is 2.85. The maximum absolute atomic E-state index is 9.54. The van der Waals surface area contributed by atoms with E-state index in [1.54, 1.807) is 42.6 Å². The number of nitrogens with zero attached hydrogens (tertiary/aromatic N) is 4. The van der Waals surface area contributed by atoms with Crippen LogP contribution < -0.4 is 0 Å². The number of benzene rings is 2. The van der Waals surface area contributed by atoms with E-state index in [0.29, 0.717) is 5.82 Å². The molecule has 0 amide bonds. The second-order valence-corrected chi connectivity index (χ2v) is 6.60. The molecule has 0 fully saturated rings. The lowest BCUT2D eigenvalue weighted by atomic mass is 10.1. The highest BCUT2D eigenvalue weighted by atomic mass is 32.1. The fourth-order valence-corrected chi connectivity index (χ4v) is 3.71. The molecule has 0 aliphatic carbocycles. The molecule has 2 aromatic carbocycles. The van der Waals surface area contributed by atoms with Crippen molar-refractivity contribution in [2.24, 2.45) is 7.05 Å². The standard InChI is InChI=1S/C18H14N4O2S/c1-22-20-18(19-21-22)15-10-16(11-2-6-13(23)7-3-11)25-17(15)12-4-8-14(24)9-5-12/h2-10,23-24H,1H3. The molecular weight excluding hydrogens is 336 g/mol. The van der Waals surface area contributed by atoms with Crippen LogP contribution in [0.25, 0.3) is 32.3 Å². The summed E-state index contributed by atoms with van der Waals surface area (Å²) in [5.74, 6) is 1.000. The summed E-state index contributed by atoms with van der Waals surface area (Å²) in [4.78, 5) is 3.45. The van der Waals surface area contributed by atoms with Crippen molar-refractivity contribution in [2.45, 2.75) is 0 Å². The Hall–Kier alpha value is -3.19. The van der Waals surface area contributed by atoms with Gasteiger partial charge >= 0.3 is 0 Å². The number of aromatic nitrogens is 4. The molecule has 0 atom stereocenters. The number of phenols is 2. The second-order valence-electron chi connectivity index (χ2n) is 5.55. The van der Waals surface area contributed by atoms with Crippen LogP contribution in [0.2, 0.25) is 0 Å². The highest BCUT2D eigenvalue weighted by Gasteiger charge is 2.17. The van der Waals surface area contributed by atoms with Gasteiger partial charge < -0.3 is 10.2 Å². The molecular formula is C18H14N4O2S. The van der Waals surface area contributed by atoms with E-state index in [1.165, 1.54) is 4.80 Å². The molecule has 0 aliphatic heterocycles. The van der Waals surface area contributed by atoms with Crippen LogP contribution in [0, 0.1) is 0 Å². The number of aryl methyl sites for hydroxylation is 1. The minimum atomic E-state index is 0.221. The van der Waals surface area contributed by atoms with Crippen LogP contribution in [0.5, 0.6) is 11.5 Å². The van der Waals surface area contributed by atoms with Crippen molar-refractivity contribution in [2.75, 3.05) is 0 Å². The molecule has 2 heterocycles. The van der Waals surface area contributed by atoms with Gasteiger partial charge in [-0.2, -0.15) is 4.80 Å². The highest BCUT2D eigenvalue weighted by Crippen LogP contribution is 2.42. The Labute approximate surface area is 147 Å². The predicted molar refractivity (Wildman–Crippen MR) is 96.3 cm³/mol. The summed E-state index contributed by atoms with van der Waals surface area (Å²) < 4.78 is 0. The molecule has 7 heteroatoms. The summed E-state index contributed by atoms with van der Waals surface area (Å²) in [6, 6.07) is 16.1. The summed E-state index contributed by atoms with van der Waals surface area (Å²) in [6.45, 7) is 0. The van der Waals surface area contributed by atoms with Gasteiger partial charge in [0.1, 0.15) is 11.5 Å². The van der Waals surface area contributed by atoms with E-state index in [-0.39, 0.29) is 11.5 Å². The van der Waals surface area contributed by atoms with E-state index >= 15 is 0 Å². The molecule has 25 heavy (non-hydrogen) atoms. The number of phenolic OH excluding ortho intramolecular Hbond substituents is 2. The number of aromatic hydroxyl groups is 2. The van der Waals surface area contributed by atoms with E-state index in [0.717, 1.165) is 26.4 Å². The zero-order valence-corrected chi connectivity index (χ0v) is 14.1. The fourth-order valence-electron chi connectivity index (χ4n) is 2.54. The summed E-state index contributed by atoms with van der Waals surface area (Å²) in [7, 11) is 1.73. The first-order valence-electron chi connectivity index (χ1n) is 7.57. The van der Waals surface area contributed by atoms with Gasteiger partial charge in [0.25, 0.3) is 0 Å². The maximum Gasteiger partial charge on any atom is 0.206 e.